The fraction of sp³-hybridized carbons (Fsp3) is 0.0667. The minimum Gasteiger partial charge on any atom is -0.300 e. The van der Waals surface area contributed by atoms with Crippen LogP contribution in [0.3, 0.4) is 0 Å². The molecule has 0 saturated heterocycles. The number of fused-ring (bicyclic) bond motifs is 1. The SMILES string of the molecule is NS(=O)(=O)c1ccc2c(c1)C(=O)C(=O)N2Cc1ccc(Cl)c(Cl)c1. The van der Waals surface area contributed by atoms with Crippen LogP contribution < -0.4 is 10.0 Å². The third-order valence-corrected chi connectivity index (χ3v) is 5.25. The molecule has 2 N–H and O–H groups in total. The van der Waals surface area contributed by atoms with Gasteiger partial charge in [0.2, 0.25) is 10.0 Å². The van der Waals surface area contributed by atoms with Gasteiger partial charge in [-0.2, -0.15) is 0 Å². The zero-order valence-electron chi connectivity index (χ0n) is 12.0. The van der Waals surface area contributed by atoms with Gasteiger partial charge in [-0.3, -0.25) is 9.59 Å². The molecule has 2 aromatic rings. The minimum atomic E-state index is -3.97. The molecule has 1 aliphatic rings. The van der Waals surface area contributed by atoms with E-state index in [0.717, 1.165) is 6.07 Å². The molecule has 24 heavy (non-hydrogen) atoms. The summed E-state index contributed by atoms with van der Waals surface area (Å²) in [5, 5.41) is 5.76. The Balaban J connectivity index is 2.01. The lowest BCUT2D eigenvalue weighted by Gasteiger charge is -2.17. The Hall–Kier alpha value is -1.93. The van der Waals surface area contributed by atoms with E-state index in [0.29, 0.717) is 21.3 Å². The summed E-state index contributed by atoms with van der Waals surface area (Å²) in [6.07, 6.45) is 0. The number of hydrogen-bond acceptors (Lipinski definition) is 4. The van der Waals surface area contributed by atoms with Crippen LogP contribution in [-0.4, -0.2) is 20.1 Å². The normalized spacial score (nSPS) is 14.2. The van der Waals surface area contributed by atoms with Crippen LogP contribution in [0.1, 0.15) is 15.9 Å². The highest BCUT2D eigenvalue weighted by molar-refractivity contribution is 7.89. The van der Waals surface area contributed by atoms with Crippen molar-refractivity contribution in [2.75, 3.05) is 4.90 Å². The third-order valence-electron chi connectivity index (χ3n) is 3.60. The number of benzene rings is 2. The Morgan fingerprint density at radius 2 is 1.71 bits per heavy atom. The van der Waals surface area contributed by atoms with E-state index >= 15 is 0 Å². The summed E-state index contributed by atoms with van der Waals surface area (Å²) in [6.45, 7) is 0.100. The first-order chi connectivity index (χ1) is 11.2. The summed E-state index contributed by atoms with van der Waals surface area (Å²) in [6, 6.07) is 8.62. The van der Waals surface area contributed by atoms with Gasteiger partial charge in [-0.15, -0.1) is 0 Å². The Labute approximate surface area is 147 Å². The number of nitrogens with zero attached hydrogens (tertiary/aromatic N) is 1. The molecule has 0 radical (unpaired) electrons. The van der Waals surface area contributed by atoms with Gasteiger partial charge in [0.15, 0.2) is 0 Å². The van der Waals surface area contributed by atoms with E-state index in [4.69, 9.17) is 28.3 Å². The van der Waals surface area contributed by atoms with E-state index in [2.05, 4.69) is 0 Å². The number of anilines is 1. The number of hydrogen-bond donors (Lipinski definition) is 1. The molecule has 0 atom stereocenters. The van der Waals surface area contributed by atoms with Gasteiger partial charge in [0, 0.05) is 0 Å². The van der Waals surface area contributed by atoms with Crippen molar-refractivity contribution < 1.29 is 18.0 Å². The number of Topliss-reactive ketones (excluding diaryl/α,β-unsaturated/α-hetero) is 1. The molecule has 1 aliphatic heterocycles. The van der Waals surface area contributed by atoms with Crippen LogP contribution in [0.15, 0.2) is 41.3 Å². The number of primary sulfonamides is 1. The van der Waals surface area contributed by atoms with E-state index < -0.39 is 21.7 Å². The van der Waals surface area contributed by atoms with Gasteiger partial charge in [0.1, 0.15) is 0 Å². The Bertz CT molecular complexity index is 989. The van der Waals surface area contributed by atoms with Crippen LogP contribution >= 0.6 is 23.2 Å². The molecule has 2 aromatic carbocycles. The number of halogens is 2. The zero-order chi connectivity index (χ0) is 17.6. The molecule has 1 heterocycles. The van der Waals surface area contributed by atoms with Crippen molar-refractivity contribution in [3.05, 3.63) is 57.6 Å². The van der Waals surface area contributed by atoms with Crippen molar-refractivity contribution in [3.63, 3.8) is 0 Å². The number of amides is 1. The monoisotopic (exact) mass is 384 g/mol. The lowest BCUT2D eigenvalue weighted by atomic mass is 10.1. The van der Waals surface area contributed by atoms with Crippen LogP contribution in [0.2, 0.25) is 10.0 Å². The molecule has 0 unspecified atom stereocenters. The molecule has 0 aliphatic carbocycles. The smallest absolute Gasteiger partial charge is 0.299 e. The summed E-state index contributed by atoms with van der Waals surface area (Å²) in [7, 11) is -3.97. The average molecular weight is 385 g/mol. The second kappa shape index (κ2) is 5.86. The summed E-state index contributed by atoms with van der Waals surface area (Å²) >= 11 is 11.8. The molecule has 0 spiro atoms. The van der Waals surface area contributed by atoms with E-state index in [1.165, 1.54) is 17.0 Å². The molecule has 1 amide bonds. The Morgan fingerprint density at radius 1 is 1.00 bits per heavy atom. The highest BCUT2D eigenvalue weighted by Crippen LogP contribution is 2.33. The first-order valence-corrected chi connectivity index (χ1v) is 8.95. The van der Waals surface area contributed by atoms with E-state index in [1.807, 2.05) is 0 Å². The van der Waals surface area contributed by atoms with Crippen LogP contribution in [0.5, 0.6) is 0 Å². The number of rotatable bonds is 3. The molecule has 3 rings (SSSR count). The van der Waals surface area contributed by atoms with Crippen LogP contribution in [0.4, 0.5) is 5.69 Å². The molecule has 0 bridgehead atoms. The molecule has 0 fully saturated rings. The number of ketones is 1. The quantitative estimate of drug-likeness (QED) is 0.821. The number of carbonyl (C=O) groups is 2. The molecule has 124 valence electrons. The minimum absolute atomic E-state index is 0.00610. The first-order valence-electron chi connectivity index (χ1n) is 6.65. The predicted molar refractivity (Wildman–Crippen MR) is 89.8 cm³/mol. The maximum atomic E-state index is 12.2. The molecule has 6 nitrogen and oxygen atoms in total. The lowest BCUT2D eigenvalue weighted by molar-refractivity contribution is -0.114. The van der Waals surface area contributed by atoms with Gasteiger partial charge in [-0.05, 0) is 35.9 Å². The highest BCUT2D eigenvalue weighted by atomic mass is 35.5. The second-order valence-electron chi connectivity index (χ2n) is 5.19. The van der Waals surface area contributed by atoms with Gasteiger partial charge in [-0.1, -0.05) is 29.3 Å². The Kier molecular flexibility index (Phi) is 4.13. The molecule has 0 aromatic heterocycles. The van der Waals surface area contributed by atoms with Crippen molar-refractivity contribution in [1.82, 2.24) is 0 Å². The molecular formula is C15H10Cl2N2O4S. The van der Waals surface area contributed by atoms with Crippen molar-refractivity contribution in [3.8, 4) is 0 Å². The topological polar surface area (TPSA) is 97.5 Å². The van der Waals surface area contributed by atoms with Crippen molar-refractivity contribution in [1.29, 1.82) is 0 Å². The summed E-state index contributed by atoms with van der Waals surface area (Å²) in [4.78, 5) is 25.4. The van der Waals surface area contributed by atoms with Gasteiger partial charge in [-0.25, -0.2) is 13.6 Å². The van der Waals surface area contributed by atoms with Gasteiger partial charge < -0.3 is 4.90 Å². The first kappa shape index (κ1) is 16.9. The van der Waals surface area contributed by atoms with Crippen LogP contribution in [0.25, 0.3) is 0 Å². The van der Waals surface area contributed by atoms with Crippen molar-refractivity contribution in [2.45, 2.75) is 11.4 Å². The molecule has 9 heteroatoms. The summed E-state index contributed by atoms with van der Waals surface area (Å²) in [5.74, 6) is -1.53. The predicted octanol–water partition coefficient (Wildman–Crippen LogP) is 2.37. The van der Waals surface area contributed by atoms with Gasteiger partial charge in [0.05, 0.1) is 32.7 Å². The van der Waals surface area contributed by atoms with Crippen LogP contribution in [-0.2, 0) is 21.4 Å². The molecule has 0 saturated carbocycles. The van der Waals surface area contributed by atoms with E-state index in [-0.39, 0.29) is 17.0 Å². The number of nitrogens with two attached hydrogens (primary N) is 1. The van der Waals surface area contributed by atoms with Crippen LogP contribution in [0, 0.1) is 0 Å². The summed E-state index contributed by atoms with van der Waals surface area (Å²) < 4.78 is 22.8. The Morgan fingerprint density at radius 3 is 2.33 bits per heavy atom. The fourth-order valence-electron chi connectivity index (χ4n) is 2.43. The fourth-order valence-corrected chi connectivity index (χ4v) is 3.29. The highest BCUT2D eigenvalue weighted by Gasteiger charge is 2.36. The third kappa shape index (κ3) is 2.91. The lowest BCUT2D eigenvalue weighted by Crippen LogP contribution is -2.29. The second-order valence-corrected chi connectivity index (χ2v) is 7.57. The van der Waals surface area contributed by atoms with E-state index in [9.17, 15) is 18.0 Å². The van der Waals surface area contributed by atoms with Gasteiger partial charge in [0.25, 0.3) is 11.7 Å². The van der Waals surface area contributed by atoms with E-state index in [1.54, 1.807) is 18.2 Å². The van der Waals surface area contributed by atoms with Gasteiger partial charge >= 0.3 is 0 Å². The number of carbonyl (C=O) groups excluding carboxylic acids is 2. The summed E-state index contributed by atoms with van der Waals surface area (Å²) in [5.41, 5.74) is 1.00. The van der Waals surface area contributed by atoms with Crippen molar-refractivity contribution >= 4 is 50.6 Å². The zero-order valence-corrected chi connectivity index (χ0v) is 14.3. The standard InChI is InChI=1S/C15H10Cl2N2O4S/c16-11-3-1-8(5-12(11)17)7-19-13-4-2-9(24(18,22)23)6-10(13)14(20)15(19)21/h1-6H,7H2,(H2,18,22,23). The maximum Gasteiger partial charge on any atom is 0.299 e. The molecular weight excluding hydrogens is 375 g/mol. The number of sulfonamides is 1. The average Bonchev–Trinajstić information content (AvgIpc) is 2.75. The van der Waals surface area contributed by atoms with Crippen molar-refractivity contribution in [2.24, 2.45) is 5.14 Å². The largest absolute Gasteiger partial charge is 0.300 e. The maximum absolute atomic E-state index is 12.2.